The highest BCUT2D eigenvalue weighted by Crippen LogP contribution is 2.37. The lowest BCUT2D eigenvalue weighted by molar-refractivity contribution is 0.795. The van der Waals surface area contributed by atoms with Crippen molar-refractivity contribution in [2.45, 2.75) is 0 Å². The van der Waals surface area contributed by atoms with E-state index in [0.29, 0.717) is 17.5 Å². The average Bonchev–Trinajstić information content (AvgIpc) is 3.44. The maximum Gasteiger partial charge on any atom is 0.328 e. The van der Waals surface area contributed by atoms with Crippen LogP contribution >= 0.6 is 0 Å². The Hall–Kier alpha value is -6.92. The number of fused-ring (bicyclic) bond motifs is 2. The monoisotopic (exact) mass is 671 g/mol. The van der Waals surface area contributed by atoms with Gasteiger partial charge in [0.25, 0.3) is 0 Å². The Balaban J connectivity index is 1.07. The summed E-state index contributed by atoms with van der Waals surface area (Å²) in [6.45, 7) is 0. The number of para-hydroxylation sites is 1. The zero-order valence-corrected chi connectivity index (χ0v) is 28.7. The van der Waals surface area contributed by atoms with Gasteiger partial charge in [-0.25, -0.2) is 19.7 Å². The molecule has 9 aromatic rings. The largest absolute Gasteiger partial charge is 0.328 e. The predicted octanol–water partition coefficient (Wildman–Crippen LogP) is 10.2. The molecule has 2 heterocycles. The summed E-state index contributed by atoms with van der Waals surface area (Å²) in [5.74, 6) is 1.92. The lowest BCUT2D eigenvalue weighted by Gasteiger charge is -2.13. The number of aromatic nitrogens is 5. The minimum atomic E-state index is -0.0262. The maximum atomic E-state index is 12.6. The Morgan fingerprint density at radius 1 is 0.365 bits per heavy atom. The molecular formula is C46H33N5O. The first kappa shape index (κ1) is 31.1. The molecule has 0 aliphatic carbocycles. The van der Waals surface area contributed by atoms with E-state index in [2.05, 4.69) is 91.0 Å². The van der Waals surface area contributed by atoms with Crippen molar-refractivity contribution in [3.05, 3.63) is 174 Å². The zero-order valence-electron chi connectivity index (χ0n) is 28.7. The lowest BCUT2D eigenvalue weighted by atomic mass is 9.93. The standard InChI is InChI=1S/C46H33N5O/c1-50-41-19-11-18-37(42(41)51(2)46(50)52)33-26-22-31(23-27-33)30-20-24-32(25-21-30)36-28-29-40(39-17-10-9-16-38(36)39)45-48-43(34-12-5-3-6-13-34)47-44(49-45)35-14-7-4-8-15-35/h3-29H,1-2H3. The van der Waals surface area contributed by atoms with Crippen molar-refractivity contribution in [2.75, 3.05) is 0 Å². The van der Waals surface area contributed by atoms with Crippen LogP contribution in [0.4, 0.5) is 0 Å². The number of imidazole rings is 1. The molecule has 52 heavy (non-hydrogen) atoms. The van der Waals surface area contributed by atoms with Crippen molar-refractivity contribution in [3.63, 3.8) is 0 Å². The molecule has 2 aromatic heterocycles. The van der Waals surface area contributed by atoms with Crippen molar-refractivity contribution in [3.8, 4) is 67.5 Å². The van der Waals surface area contributed by atoms with Crippen molar-refractivity contribution in [2.24, 2.45) is 14.1 Å². The number of aryl methyl sites for hydroxylation is 2. The van der Waals surface area contributed by atoms with Crippen molar-refractivity contribution in [1.82, 2.24) is 24.1 Å². The summed E-state index contributed by atoms with van der Waals surface area (Å²) in [6.07, 6.45) is 0. The van der Waals surface area contributed by atoms with E-state index in [1.54, 1.807) is 9.13 Å². The van der Waals surface area contributed by atoms with E-state index < -0.39 is 0 Å². The molecule has 6 nitrogen and oxygen atoms in total. The van der Waals surface area contributed by atoms with E-state index in [4.69, 9.17) is 15.0 Å². The highest BCUT2D eigenvalue weighted by atomic mass is 16.1. The minimum absolute atomic E-state index is 0.0262. The molecule has 0 atom stereocenters. The van der Waals surface area contributed by atoms with Crippen LogP contribution < -0.4 is 5.69 Å². The van der Waals surface area contributed by atoms with E-state index in [1.807, 2.05) is 86.9 Å². The Labute approximate surface area is 301 Å². The van der Waals surface area contributed by atoms with Crippen LogP contribution in [0, 0.1) is 0 Å². The normalized spacial score (nSPS) is 11.3. The minimum Gasteiger partial charge on any atom is -0.295 e. The molecule has 7 aromatic carbocycles. The molecule has 248 valence electrons. The molecule has 0 spiro atoms. The van der Waals surface area contributed by atoms with E-state index >= 15 is 0 Å². The summed E-state index contributed by atoms with van der Waals surface area (Å²) < 4.78 is 3.42. The first-order valence-corrected chi connectivity index (χ1v) is 17.3. The van der Waals surface area contributed by atoms with Gasteiger partial charge in [-0.3, -0.25) is 9.13 Å². The molecule has 0 aliphatic rings. The topological polar surface area (TPSA) is 65.6 Å². The van der Waals surface area contributed by atoms with Crippen LogP contribution in [0.2, 0.25) is 0 Å². The molecule has 0 amide bonds. The van der Waals surface area contributed by atoms with Crippen molar-refractivity contribution >= 4 is 21.8 Å². The van der Waals surface area contributed by atoms with Crippen LogP contribution in [-0.2, 0) is 14.1 Å². The van der Waals surface area contributed by atoms with Gasteiger partial charge in [0.15, 0.2) is 17.5 Å². The first-order chi connectivity index (χ1) is 25.5. The van der Waals surface area contributed by atoms with Gasteiger partial charge in [-0.1, -0.05) is 152 Å². The fourth-order valence-corrected chi connectivity index (χ4v) is 7.17. The van der Waals surface area contributed by atoms with E-state index in [9.17, 15) is 4.79 Å². The van der Waals surface area contributed by atoms with E-state index in [1.165, 1.54) is 0 Å². The number of nitrogens with zero attached hydrogens (tertiary/aromatic N) is 5. The fraction of sp³-hybridized carbons (Fsp3) is 0.0435. The van der Waals surface area contributed by atoms with Crippen LogP contribution in [0.5, 0.6) is 0 Å². The molecule has 6 heteroatoms. The summed E-state index contributed by atoms with van der Waals surface area (Å²) in [5, 5.41) is 2.21. The third-order valence-corrected chi connectivity index (χ3v) is 9.87. The smallest absolute Gasteiger partial charge is 0.295 e. The molecule has 0 radical (unpaired) electrons. The number of rotatable bonds is 6. The van der Waals surface area contributed by atoms with Gasteiger partial charge in [0.1, 0.15) is 0 Å². The van der Waals surface area contributed by atoms with Crippen LogP contribution in [-0.4, -0.2) is 24.1 Å². The van der Waals surface area contributed by atoms with Crippen LogP contribution in [0.1, 0.15) is 0 Å². The Kier molecular flexibility index (Phi) is 7.63. The van der Waals surface area contributed by atoms with Crippen molar-refractivity contribution in [1.29, 1.82) is 0 Å². The summed E-state index contributed by atoms with van der Waals surface area (Å²) in [5.41, 5.74) is 11.3. The third kappa shape index (κ3) is 5.38. The van der Waals surface area contributed by atoms with Gasteiger partial charge < -0.3 is 0 Å². The fourth-order valence-electron chi connectivity index (χ4n) is 7.17. The highest BCUT2D eigenvalue weighted by Gasteiger charge is 2.17. The van der Waals surface area contributed by atoms with Gasteiger partial charge in [-0.05, 0) is 50.7 Å². The molecule has 0 bridgehead atoms. The summed E-state index contributed by atoms with van der Waals surface area (Å²) in [7, 11) is 3.65. The van der Waals surface area contributed by atoms with Crippen LogP contribution in [0.3, 0.4) is 0 Å². The third-order valence-electron chi connectivity index (χ3n) is 9.87. The maximum absolute atomic E-state index is 12.6. The molecule has 9 rings (SSSR count). The van der Waals surface area contributed by atoms with Gasteiger partial charge in [-0.15, -0.1) is 0 Å². The Morgan fingerprint density at radius 3 is 1.40 bits per heavy atom. The molecule has 0 fully saturated rings. The van der Waals surface area contributed by atoms with Gasteiger partial charge >= 0.3 is 5.69 Å². The van der Waals surface area contributed by atoms with Crippen molar-refractivity contribution < 1.29 is 0 Å². The summed E-state index contributed by atoms with van der Waals surface area (Å²) in [6, 6.07) is 56.3. The number of hydrogen-bond acceptors (Lipinski definition) is 4. The quantitative estimate of drug-likeness (QED) is 0.177. The van der Waals surface area contributed by atoms with Crippen LogP contribution in [0.15, 0.2) is 169 Å². The molecule has 0 N–H and O–H groups in total. The predicted molar refractivity (Wildman–Crippen MR) is 212 cm³/mol. The second-order valence-electron chi connectivity index (χ2n) is 13.0. The van der Waals surface area contributed by atoms with Crippen LogP contribution in [0.25, 0.3) is 89.4 Å². The SMILES string of the molecule is Cn1c(=O)n(C)c2c(-c3ccc(-c4ccc(-c5ccc(-c6nc(-c7ccccc7)nc(-c7ccccc7)n6)c6ccccc56)cc4)cc3)cccc21. The Bertz CT molecular complexity index is 2740. The summed E-state index contributed by atoms with van der Waals surface area (Å²) >= 11 is 0. The van der Waals surface area contributed by atoms with Gasteiger partial charge in [-0.2, -0.15) is 0 Å². The Morgan fingerprint density at radius 2 is 0.827 bits per heavy atom. The molecule has 0 saturated carbocycles. The zero-order chi connectivity index (χ0) is 35.2. The highest BCUT2D eigenvalue weighted by molar-refractivity contribution is 6.04. The molecule has 0 saturated heterocycles. The number of hydrogen-bond donors (Lipinski definition) is 0. The van der Waals surface area contributed by atoms with Gasteiger partial charge in [0, 0.05) is 36.3 Å². The van der Waals surface area contributed by atoms with E-state index in [-0.39, 0.29) is 5.69 Å². The van der Waals surface area contributed by atoms with E-state index in [0.717, 1.165) is 71.9 Å². The van der Waals surface area contributed by atoms with Gasteiger partial charge in [0.05, 0.1) is 11.0 Å². The molecule has 0 aliphatic heterocycles. The summed E-state index contributed by atoms with van der Waals surface area (Å²) in [4.78, 5) is 27.5. The molecular weight excluding hydrogens is 639 g/mol. The lowest BCUT2D eigenvalue weighted by Crippen LogP contribution is -2.19. The second-order valence-corrected chi connectivity index (χ2v) is 13.0. The van der Waals surface area contributed by atoms with Gasteiger partial charge in [0.2, 0.25) is 0 Å². The second kappa shape index (κ2) is 12.8. The molecule has 0 unspecified atom stereocenters. The average molecular weight is 672 g/mol. The number of benzene rings is 7. The first-order valence-electron chi connectivity index (χ1n) is 17.3.